The Bertz CT molecular complexity index is 899. The topological polar surface area (TPSA) is 88.4 Å². The van der Waals surface area contributed by atoms with Crippen LogP contribution in [0.1, 0.15) is 43.2 Å². The molecule has 2 aromatic carbocycles. The predicted octanol–water partition coefficient (Wildman–Crippen LogP) is 3.54. The van der Waals surface area contributed by atoms with Gasteiger partial charge in [-0.3, -0.25) is 4.79 Å². The molecule has 0 radical (unpaired) electrons. The normalized spacial score (nSPS) is 14.9. The SMILES string of the molecule is N#CC1(NC(=O)COC(=O)COc2ccccc2Cc2ccccc2)CCCCC1. The highest BCUT2D eigenvalue weighted by molar-refractivity contribution is 5.81. The van der Waals surface area contributed by atoms with Gasteiger partial charge in [0.15, 0.2) is 13.2 Å². The average Bonchev–Trinajstić information content (AvgIpc) is 2.78. The number of carbonyl (C=O) groups excluding carboxylic acids is 2. The molecule has 0 aromatic heterocycles. The molecule has 0 atom stereocenters. The van der Waals surface area contributed by atoms with Crippen molar-refractivity contribution in [2.75, 3.05) is 13.2 Å². The molecule has 0 unspecified atom stereocenters. The molecule has 1 aliphatic carbocycles. The van der Waals surface area contributed by atoms with Crippen LogP contribution in [0.5, 0.6) is 5.75 Å². The predicted molar refractivity (Wildman–Crippen MR) is 112 cm³/mol. The first kappa shape index (κ1) is 21.4. The van der Waals surface area contributed by atoms with Crippen molar-refractivity contribution in [1.29, 1.82) is 5.26 Å². The summed E-state index contributed by atoms with van der Waals surface area (Å²) in [5.41, 5.74) is 1.26. The Labute approximate surface area is 176 Å². The first-order chi connectivity index (χ1) is 14.6. The number of hydrogen-bond acceptors (Lipinski definition) is 5. The maximum absolute atomic E-state index is 12.1. The van der Waals surface area contributed by atoms with Crippen molar-refractivity contribution < 1.29 is 19.1 Å². The number of nitriles is 1. The van der Waals surface area contributed by atoms with Crippen LogP contribution in [0, 0.1) is 11.3 Å². The summed E-state index contributed by atoms with van der Waals surface area (Å²) in [4.78, 5) is 24.2. The van der Waals surface area contributed by atoms with Gasteiger partial charge in [0, 0.05) is 6.42 Å². The second-order valence-electron chi connectivity index (χ2n) is 7.52. The van der Waals surface area contributed by atoms with Gasteiger partial charge in [-0.1, -0.05) is 67.8 Å². The number of hydrogen-bond donors (Lipinski definition) is 1. The Balaban J connectivity index is 1.47. The first-order valence-corrected chi connectivity index (χ1v) is 10.2. The quantitative estimate of drug-likeness (QED) is 0.678. The van der Waals surface area contributed by atoms with Crippen LogP contribution in [0.3, 0.4) is 0 Å². The molecule has 0 spiro atoms. The number of nitrogens with zero attached hydrogens (tertiary/aromatic N) is 1. The van der Waals surface area contributed by atoms with Crippen molar-refractivity contribution in [2.45, 2.75) is 44.1 Å². The molecule has 156 valence electrons. The van der Waals surface area contributed by atoms with Gasteiger partial charge >= 0.3 is 5.97 Å². The molecule has 0 aliphatic heterocycles. The van der Waals surface area contributed by atoms with Crippen LogP contribution in [-0.4, -0.2) is 30.6 Å². The molecule has 1 fully saturated rings. The van der Waals surface area contributed by atoms with Gasteiger partial charge in [-0.15, -0.1) is 0 Å². The van der Waals surface area contributed by atoms with E-state index in [1.54, 1.807) is 6.07 Å². The van der Waals surface area contributed by atoms with Gasteiger partial charge < -0.3 is 14.8 Å². The van der Waals surface area contributed by atoms with Gasteiger partial charge in [-0.05, 0) is 30.0 Å². The molecule has 0 bridgehead atoms. The molecule has 6 heteroatoms. The van der Waals surface area contributed by atoms with E-state index < -0.39 is 24.0 Å². The summed E-state index contributed by atoms with van der Waals surface area (Å²) in [6.07, 6.45) is 4.82. The molecule has 0 heterocycles. The minimum Gasteiger partial charge on any atom is -0.482 e. The van der Waals surface area contributed by atoms with Crippen LogP contribution in [0.4, 0.5) is 0 Å². The number of ether oxygens (including phenoxy) is 2. The molecule has 6 nitrogen and oxygen atoms in total. The highest BCUT2D eigenvalue weighted by Gasteiger charge is 2.33. The number of para-hydroxylation sites is 1. The lowest BCUT2D eigenvalue weighted by atomic mass is 9.83. The summed E-state index contributed by atoms with van der Waals surface area (Å²) in [6.45, 7) is -0.709. The molecule has 3 rings (SSSR count). The zero-order valence-electron chi connectivity index (χ0n) is 16.9. The van der Waals surface area contributed by atoms with E-state index in [-0.39, 0.29) is 6.61 Å². The Morgan fingerprint density at radius 3 is 2.40 bits per heavy atom. The lowest BCUT2D eigenvalue weighted by Crippen LogP contribution is -2.50. The van der Waals surface area contributed by atoms with Gasteiger partial charge in [0.05, 0.1) is 6.07 Å². The Morgan fingerprint density at radius 2 is 1.67 bits per heavy atom. The van der Waals surface area contributed by atoms with Gasteiger partial charge in [0.2, 0.25) is 0 Å². The van der Waals surface area contributed by atoms with Crippen LogP contribution in [0.25, 0.3) is 0 Å². The molecule has 2 aromatic rings. The maximum atomic E-state index is 12.1. The summed E-state index contributed by atoms with van der Waals surface area (Å²) >= 11 is 0. The van der Waals surface area contributed by atoms with Crippen molar-refractivity contribution >= 4 is 11.9 Å². The molecule has 1 aliphatic rings. The summed E-state index contributed by atoms with van der Waals surface area (Å²) in [6, 6.07) is 19.7. The van der Waals surface area contributed by atoms with E-state index in [1.807, 2.05) is 48.5 Å². The largest absolute Gasteiger partial charge is 0.482 e. The average molecular weight is 406 g/mol. The van der Waals surface area contributed by atoms with E-state index in [2.05, 4.69) is 11.4 Å². The second kappa shape index (κ2) is 10.4. The highest BCUT2D eigenvalue weighted by atomic mass is 16.6. The van der Waals surface area contributed by atoms with Gasteiger partial charge in [-0.25, -0.2) is 4.79 Å². The van der Waals surface area contributed by atoms with E-state index in [1.165, 1.54) is 0 Å². The van der Waals surface area contributed by atoms with E-state index >= 15 is 0 Å². The number of benzene rings is 2. The number of rotatable bonds is 8. The summed E-state index contributed by atoms with van der Waals surface area (Å²) in [5.74, 6) is -0.487. The third kappa shape index (κ3) is 6.08. The van der Waals surface area contributed by atoms with Crippen molar-refractivity contribution in [3.8, 4) is 11.8 Å². The highest BCUT2D eigenvalue weighted by Crippen LogP contribution is 2.27. The Morgan fingerprint density at radius 1 is 0.967 bits per heavy atom. The minimum atomic E-state index is -0.839. The van der Waals surface area contributed by atoms with E-state index in [4.69, 9.17) is 9.47 Å². The van der Waals surface area contributed by atoms with E-state index in [9.17, 15) is 14.9 Å². The van der Waals surface area contributed by atoms with E-state index in [0.29, 0.717) is 25.0 Å². The maximum Gasteiger partial charge on any atom is 0.344 e. The fourth-order valence-electron chi connectivity index (χ4n) is 3.65. The Kier molecular flexibility index (Phi) is 7.45. The van der Waals surface area contributed by atoms with Gasteiger partial charge in [0.25, 0.3) is 5.91 Å². The van der Waals surface area contributed by atoms with Crippen LogP contribution in [-0.2, 0) is 20.7 Å². The molecule has 1 saturated carbocycles. The third-order valence-electron chi connectivity index (χ3n) is 5.22. The third-order valence-corrected chi connectivity index (χ3v) is 5.22. The van der Waals surface area contributed by atoms with E-state index in [0.717, 1.165) is 30.4 Å². The minimum absolute atomic E-state index is 0.289. The Hall–Kier alpha value is -3.33. The second-order valence-corrected chi connectivity index (χ2v) is 7.52. The monoisotopic (exact) mass is 406 g/mol. The summed E-state index contributed by atoms with van der Waals surface area (Å²) in [7, 11) is 0. The number of amides is 1. The lowest BCUT2D eigenvalue weighted by Gasteiger charge is -2.31. The van der Waals surface area contributed by atoms with Crippen molar-refractivity contribution in [1.82, 2.24) is 5.32 Å². The standard InChI is InChI=1S/C24H26N2O4/c25-18-24(13-7-2-8-14-24)26-22(27)16-30-23(28)17-29-21-12-6-5-11-20(21)15-19-9-3-1-4-10-19/h1,3-6,9-12H,2,7-8,13-17H2,(H,26,27). The summed E-state index contributed by atoms with van der Waals surface area (Å²) < 4.78 is 10.7. The molecule has 1 amide bonds. The molecular weight excluding hydrogens is 380 g/mol. The fourth-order valence-corrected chi connectivity index (χ4v) is 3.65. The lowest BCUT2D eigenvalue weighted by molar-refractivity contribution is -0.150. The number of esters is 1. The fraction of sp³-hybridized carbons (Fsp3) is 0.375. The van der Waals surface area contributed by atoms with Crippen LogP contribution < -0.4 is 10.1 Å². The first-order valence-electron chi connectivity index (χ1n) is 10.2. The number of nitrogens with one attached hydrogen (secondary N) is 1. The molecular formula is C24H26N2O4. The molecule has 1 N–H and O–H groups in total. The van der Waals surface area contributed by atoms with Gasteiger partial charge in [0.1, 0.15) is 11.3 Å². The zero-order chi connectivity index (χ0) is 21.2. The van der Waals surface area contributed by atoms with Gasteiger partial charge in [-0.2, -0.15) is 5.26 Å². The number of carbonyl (C=O) groups is 2. The van der Waals surface area contributed by atoms with Crippen LogP contribution in [0.15, 0.2) is 54.6 Å². The van der Waals surface area contributed by atoms with Crippen molar-refractivity contribution in [3.05, 3.63) is 65.7 Å². The van der Waals surface area contributed by atoms with Crippen molar-refractivity contribution in [3.63, 3.8) is 0 Å². The summed E-state index contributed by atoms with van der Waals surface area (Å²) in [5, 5.41) is 12.1. The van der Waals surface area contributed by atoms with Crippen LogP contribution in [0.2, 0.25) is 0 Å². The molecule has 0 saturated heterocycles. The van der Waals surface area contributed by atoms with Crippen molar-refractivity contribution in [2.24, 2.45) is 0 Å². The smallest absolute Gasteiger partial charge is 0.344 e. The molecule has 30 heavy (non-hydrogen) atoms. The zero-order valence-corrected chi connectivity index (χ0v) is 16.9. The van der Waals surface area contributed by atoms with Crippen LogP contribution >= 0.6 is 0 Å².